The number of hydrogen-bond donors (Lipinski definition) is 1. The van der Waals surface area contributed by atoms with Crippen molar-refractivity contribution < 1.29 is 18.8 Å². The Kier molecular flexibility index (Phi) is 7.56. The van der Waals surface area contributed by atoms with E-state index in [-0.39, 0.29) is 36.8 Å². The van der Waals surface area contributed by atoms with E-state index in [1.54, 1.807) is 48.8 Å². The number of nitrogens with zero attached hydrogens (tertiary/aromatic N) is 6. The number of nitrogens with one attached hydrogen (secondary N) is 1. The molecule has 0 aliphatic carbocycles. The Bertz CT molecular complexity index is 1450. The fraction of sp³-hybridized carbons (Fsp3) is 0.304. The van der Waals surface area contributed by atoms with Crippen molar-refractivity contribution in [3.63, 3.8) is 0 Å². The molecule has 1 aromatic carbocycles. The summed E-state index contributed by atoms with van der Waals surface area (Å²) in [5.41, 5.74) is 0.700. The second-order valence-corrected chi connectivity index (χ2v) is 10.6. The summed E-state index contributed by atoms with van der Waals surface area (Å²) in [7, 11) is -0.721. The highest BCUT2D eigenvalue weighted by molar-refractivity contribution is 9.10. The molecule has 1 unspecified atom stereocenters. The van der Waals surface area contributed by atoms with E-state index < -0.39 is 34.7 Å². The van der Waals surface area contributed by atoms with Gasteiger partial charge in [0.1, 0.15) is 34.9 Å². The number of nitriles is 1. The number of hydrogen-bond acceptors (Lipinski definition) is 7. The van der Waals surface area contributed by atoms with E-state index in [9.17, 15) is 18.8 Å². The number of rotatable bonds is 6. The topological polar surface area (TPSA) is 133 Å². The first-order valence-electron chi connectivity index (χ1n) is 10.8. The number of anilines is 1. The Hall–Kier alpha value is -3.50. The molecule has 1 saturated heterocycles. The van der Waals surface area contributed by atoms with Gasteiger partial charge in [0.15, 0.2) is 5.78 Å². The van der Waals surface area contributed by atoms with Crippen LogP contribution >= 0.6 is 15.9 Å². The molecule has 1 aliphatic rings. The molecule has 2 amide bonds. The number of amides is 2. The van der Waals surface area contributed by atoms with Gasteiger partial charge in [0, 0.05) is 23.6 Å². The van der Waals surface area contributed by atoms with Gasteiger partial charge in [-0.15, -0.1) is 4.36 Å². The number of Topliss-reactive ketones (excluding diaryl/α,β-unsaturated/α-hetero) is 1. The van der Waals surface area contributed by atoms with E-state index in [4.69, 9.17) is 5.26 Å². The molecule has 3 heterocycles. The fourth-order valence-corrected chi connectivity index (χ4v) is 5.17. The summed E-state index contributed by atoms with van der Waals surface area (Å²) in [6, 6.07) is 9.16. The standard InChI is InChI=1S/C23H21BrFN7O3S/c1-13(33)22-16-7-6-15(36(2)27-12-26)9-17(16)32(30-22)11-21(34)31-10-14(25)8-18(31)23(35)29-20-5-3-4-19(24)28-20/h3-7,9,14,18H,8,10-11H2,1-2H3,(H,28,29,35)/t14-,18+,36?/m1/s1. The SMILES string of the molecule is CC(=O)c1nn(CC(=O)N2C[C@H](F)C[C@H]2C(=O)Nc2cccc(Br)n2)c2cc(S(C)=NC#N)ccc12. The summed E-state index contributed by atoms with van der Waals surface area (Å²) in [5.74, 6) is -1.06. The maximum Gasteiger partial charge on any atom is 0.248 e. The largest absolute Gasteiger partial charge is 0.326 e. The molecular formula is C23H21BrFN7O3S. The van der Waals surface area contributed by atoms with Gasteiger partial charge in [-0.2, -0.15) is 10.4 Å². The van der Waals surface area contributed by atoms with Crippen LogP contribution in [-0.2, 0) is 26.8 Å². The van der Waals surface area contributed by atoms with E-state index in [2.05, 4.69) is 35.7 Å². The minimum absolute atomic E-state index is 0.136. The summed E-state index contributed by atoms with van der Waals surface area (Å²) in [5, 5.41) is 16.4. The molecule has 0 bridgehead atoms. The Morgan fingerprint density at radius 3 is 2.81 bits per heavy atom. The van der Waals surface area contributed by atoms with Gasteiger partial charge >= 0.3 is 0 Å². The number of carbonyl (C=O) groups is 3. The molecule has 1 aliphatic heterocycles. The average Bonchev–Trinajstić information content (AvgIpc) is 3.40. The van der Waals surface area contributed by atoms with E-state index >= 15 is 0 Å². The molecule has 0 radical (unpaired) electrons. The zero-order chi connectivity index (χ0) is 26.0. The number of alkyl halides is 1. The number of benzene rings is 1. The summed E-state index contributed by atoms with van der Waals surface area (Å²) in [6.07, 6.45) is 2.06. The minimum atomic E-state index is -1.36. The van der Waals surface area contributed by atoms with Gasteiger partial charge in [-0.1, -0.05) is 16.8 Å². The molecular weight excluding hydrogens is 553 g/mol. The molecule has 0 spiro atoms. The highest BCUT2D eigenvalue weighted by atomic mass is 79.9. The first kappa shape index (κ1) is 25.6. The van der Waals surface area contributed by atoms with Gasteiger partial charge in [0.2, 0.25) is 18.0 Å². The van der Waals surface area contributed by atoms with Crippen LogP contribution in [0.5, 0.6) is 0 Å². The number of fused-ring (bicyclic) bond motifs is 1. The average molecular weight is 574 g/mol. The van der Waals surface area contributed by atoms with Gasteiger partial charge in [0.25, 0.3) is 0 Å². The summed E-state index contributed by atoms with van der Waals surface area (Å²) in [4.78, 5) is 44.4. The van der Waals surface area contributed by atoms with Crippen LogP contribution in [0.15, 0.2) is 50.3 Å². The maximum atomic E-state index is 14.4. The number of carbonyl (C=O) groups excluding carboxylic acids is 3. The van der Waals surface area contributed by atoms with Crippen LogP contribution in [0.3, 0.4) is 0 Å². The van der Waals surface area contributed by atoms with Gasteiger partial charge in [-0.05, 0) is 52.5 Å². The van der Waals surface area contributed by atoms with Gasteiger partial charge in [-0.25, -0.2) is 9.37 Å². The Balaban J connectivity index is 1.62. The lowest BCUT2D eigenvalue weighted by Crippen LogP contribution is -2.44. The predicted octanol–water partition coefficient (Wildman–Crippen LogP) is 3.25. The molecule has 3 atom stereocenters. The lowest BCUT2D eigenvalue weighted by Gasteiger charge is -2.23. The molecule has 186 valence electrons. The summed E-state index contributed by atoms with van der Waals surface area (Å²) in [6.45, 7) is 0.847. The number of aromatic nitrogens is 3. The van der Waals surface area contributed by atoms with Crippen molar-refractivity contribution in [2.75, 3.05) is 18.1 Å². The van der Waals surface area contributed by atoms with E-state index in [0.29, 0.717) is 15.5 Å². The van der Waals surface area contributed by atoms with E-state index in [1.807, 2.05) is 0 Å². The second kappa shape index (κ2) is 10.6. The van der Waals surface area contributed by atoms with Crippen molar-refractivity contribution in [3.8, 4) is 6.19 Å². The van der Waals surface area contributed by atoms with Crippen molar-refractivity contribution in [2.45, 2.75) is 37.0 Å². The number of halogens is 2. The van der Waals surface area contributed by atoms with Crippen LogP contribution in [0.1, 0.15) is 23.8 Å². The second-order valence-electron chi connectivity index (χ2n) is 8.14. The molecule has 2 aromatic heterocycles. The van der Waals surface area contributed by atoms with Crippen LogP contribution in [-0.4, -0.2) is 62.3 Å². The fourth-order valence-electron chi connectivity index (χ4n) is 4.05. The van der Waals surface area contributed by atoms with Crippen LogP contribution in [0, 0.1) is 11.5 Å². The van der Waals surface area contributed by atoms with Crippen molar-refractivity contribution in [2.24, 2.45) is 4.36 Å². The Labute approximate surface area is 216 Å². The van der Waals surface area contributed by atoms with Crippen molar-refractivity contribution in [1.29, 1.82) is 5.26 Å². The normalized spacial score (nSPS) is 18.2. The van der Waals surface area contributed by atoms with Crippen LogP contribution in [0.25, 0.3) is 10.9 Å². The van der Waals surface area contributed by atoms with Gasteiger partial charge < -0.3 is 10.2 Å². The van der Waals surface area contributed by atoms with Crippen LogP contribution in [0.2, 0.25) is 0 Å². The predicted molar refractivity (Wildman–Crippen MR) is 135 cm³/mol. The van der Waals surface area contributed by atoms with Crippen molar-refractivity contribution >= 4 is 60.9 Å². The maximum absolute atomic E-state index is 14.4. The summed E-state index contributed by atoms with van der Waals surface area (Å²) < 4.78 is 20.1. The molecule has 1 fully saturated rings. The number of ketones is 1. The van der Waals surface area contributed by atoms with Crippen LogP contribution < -0.4 is 5.32 Å². The van der Waals surface area contributed by atoms with Gasteiger partial charge in [0.05, 0.1) is 12.1 Å². The third-order valence-electron chi connectivity index (χ3n) is 5.70. The third kappa shape index (κ3) is 5.34. The monoisotopic (exact) mass is 573 g/mol. The smallest absolute Gasteiger partial charge is 0.248 e. The molecule has 0 saturated carbocycles. The number of likely N-dealkylation sites (tertiary alicyclic amines) is 1. The quantitative estimate of drug-likeness (QED) is 0.273. The third-order valence-corrected chi connectivity index (χ3v) is 7.43. The zero-order valence-corrected chi connectivity index (χ0v) is 21.7. The van der Waals surface area contributed by atoms with Crippen molar-refractivity contribution in [1.82, 2.24) is 19.7 Å². The summed E-state index contributed by atoms with van der Waals surface area (Å²) >= 11 is 3.23. The first-order valence-corrected chi connectivity index (χ1v) is 13.2. The van der Waals surface area contributed by atoms with E-state index in [0.717, 1.165) is 4.90 Å². The molecule has 4 rings (SSSR count). The minimum Gasteiger partial charge on any atom is -0.326 e. The first-order chi connectivity index (χ1) is 17.2. The zero-order valence-electron chi connectivity index (χ0n) is 19.3. The van der Waals surface area contributed by atoms with Gasteiger partial charge in [-0.3, -0.25) is 19.1 Å². The highest BCUT2D eigenvalue weighted by Gasteiger charge is 2.40. The molecule has 36 heavy (non-hydrogen) atoms. The lowest BCUT2D eigenvalue weighted by atomic mass is 10.1. The van der Waals surface area contributed by atoms with Crippen LogP contribution in [0.4, 0.5) is 10.2 Å². The Morgan fingerprint density at radius 2 is 2.11 bits per heavy atom. The molecule has 10 nitrogen and oxygen atoms in total. The van der Waals surface area contributed by atoms with E-state index in [1.165, 1.54) is 16.5 Å². The Morgan fingerprint density at radius 1 is 1.33 bits per heavy atom. The lowest BCUT2D eigenvalue weighted by molar-refractivity contribution is -0.137. The highest BCUT2D eigenvalue weighted by Crippen LogP contribution is 2.26. The van der Waals surface area contributed by atoms with Crippen molar-refractivity contribution in [3.05, 3.63) is 46.7 Å². The molecule has 1 N–H and O–H groups in total. The number of pyridine rings is 1. The molecule has 3 aromatic rings. The molecule has 13 heteroatoms.